The lowest BCUT2D eigenvalue weighted by Crippen LogP contribution is -2.52. The van der Waals surface area contributed by atoms with Crippen LogP contribution >= 0.6 is 0 Å². The van der Waals surface area contributed by atoms with Gasteiger partial charge in [-0.2, -0.15) is 0 Å². The van der Waals surface area contributed by atoms with E-state index in [2.05, 4.69) is 15.7 Å². The van der Waals surface area contributed by atoms with E-state index in [0.717, 1.165) is 4.31 Å². The summed E-state index contributed by atoms with van der Waals surface area (Å²) in [4.78, 5) is 22.5. The van der Waals surface area contributed by atoms with Crippen LogP contribution in [0.5, 0.6) is 11.6 Å². The molecule has 3 N–H and O–H groups in total. The second-order valence-corrected chi connectivity index (χ2v) is 9.14. The van der Waals surface area contributed by atoms with E-state index in [1.165, 1.54) is 36.9 Å². The standard InChI is InChI=1S/C19H25N5O7S/c1-10(20-12(3)25)16-9-24(14-8-13(21-19(26)27)6-7-15(14)31-16)32(28,29)17-11(2)23(4)22-18(17)30-5/h6-8,10,16,21H,9H2,1-5H3,(H,20,25)(H,26,27)/t10-,16?/m0/s1. The molecule has 0 aliphatic carbocycles. The predicted molar refractivity (Wildman–Crippen MR) is 115 cm³/mol. The molecule has 1 aromatic heterocycles. The molecule has 1 unspecified atom stereocenters. The van der Waals surface area contributed by atoms with Crippen molar-refractivity contribution >= 4 is 33.4 Å². The lowest BCUT2D eigenvalue weighted by molar-refractivity contribution is -0.120. The summed E-state index contributed by atoms with van der Waals surface area (Å²) in [6.07, 6.45) is -2.00. The third-order valence-corrected chi connectivity index (χ3v) is 6.99. The van der Waals surface area contributed by atoms with E-state index in [1.54, 1.807) is 20.9 Å². The van der Waals surface area contributed by atoms with Gasteiger partial charge in [0.2, 0.25) is 5.91 Å². The highest BCUT2D eigenvalue weighted by Gasteiger charge is 2.40. The number of aromatic nitrogens is 2. The Labute approximate surface area is 185 Å². The molecule has 0 bridgehead atoms. The van der Waals surface area contributed by atoms with Crippen molar-refractivity contribution < 1.29 is 32.6 Å². The van der Waals surface area contributed by atoms with E-state index >= 15 is 0 Å². The highest BCUT2D eigenvalue weighted by atomic mass is 32.2. The Morgan fingerprint density at radius 1 is 1.38 bits per heavy atom. The number of nitrogens with zero attached hydrogens (tertiary/aromatic N) is 3. The molecule has 2 atom stereocenters. The monoisotopic (exact) mass is 467 g/mol. The summed E-state index contributed by atoms with van der Waals surface area (Å²) in [6, 6.07) is 3.80. The van der Waals surface area contributed by atoms with Crippen molar-refractivity contribution in [2.75, 3.05) is 23.3 Å². The molecule has 0 spiro atoms. The molecule has 3 rings (SSSR count). The number of methoxy groups -OCH3 is 1. The Balaban J connectivity index is 2.15. The van der Waals surface area contributed by atoms with Gasteiger partial charge in [0.25, 0.3) is 15.9 Å². The number of ether oxygens (including phenoxy) is 2. The minimum Gasteiger partial charge on any atom is -0.484 e. The minimum atomic E-state index is -4.21. The van der Waals surface area contributed by atoms with Gasteiger partial charge in [-0.15, -0.1) is 5.10 Å². The number of sulfonamides is 1. The van der Waals surface area contributed by atoms with Crippen molar-refractivity contribution in [1.82, 2.24) is 15.1 Å². The Bertz CT molecular complexity index is 1160. The van der Waals surface area contributed by atoms with Crippen molar-refractivity contribution in [1.29, 1.82) is 0 Å². The summed E-state index contributed by atoms with van der Waals surface area (Å²) in [5.41, 5.74) is 0.678. The zero-order valence-corrected chi connectivity index (χ0v) is 19.1. The molecule has 1 aliphatic heterocycles. The van der Waals surface area contributed by atoms with Crippen molar-refractivity contribution in [2.24, 2.45) is 7.05 Å². The van der Waals surface area contributed by atoms with E-state index in [0.29, 0.717) is 5.69 Å². The number of benzene rings is 1. The fraction of sp³-hybridized carbons (Fsp3) is 0.421. The van der Waals surface area contributed by atoms with Gasteiger partial charge in [0.15, 0.2) is 4.90 Å². The summed E-state index contributed by atoms with van der Waals surface area (Å²) < 4.78 is 41.3. The molecular weight excluding hydrogens is 442 g/mol. The van der Waals surface area contributed by atoms with E-state index in [-0.39, 0.29) is 40.4 Å². The summed E-state index contributed by atoms with van der Waals surface area (Å²) in [5, 5.41) is 18.1. The van der Waals surface area contributed by atoms with Crippen LogP contribution in [0.2, 0.25) is 0 Å². The van der Waals surface area contributed by atoms with E-state index in [4.69, 9.17) is 14.6 Å². The molecule has 174 valence electrons. The first-order chi connectivity index (χ1) is 14.9. The first-order valence-corrected chi connectivity index (χ1v) is 11.1. The van der Waals surface area contributed by atoms with Gasteiger partial charge >= 0.3 is 6.09 Å². The smallest absolute Gasteiger partial charge is 0.409 e. The van der Waals surface area contributed by atoms with E-state index in [9.17, 15) is 18.0 Å². The van der Waals surface area contributed by atoms with Crippen molar-refractivity contribution in [3.05, 3.63) is 23.9 Å². The van der Waals surface area contributed by atoms with E-state index < -0.39 is 28.3 Å². The SMILES string of the molecule is COc1nn(C)c(C)c1S(=O)(=O)N1CC([C@H](C)NC(C)=O)Oc2ccc(NC(=O)O)cc21. The molecule has 12 nitrogen and oxygen atoms in total. The number of aryl methyl sites for hydroxylation is 1. The number of rotatable bonds is 6. The van der Waals surface area contributed by atoms with Gasteiger partial charge in [0.1, 0.15) is 11.9 Å². The molecule has 32 heavy (non-hydrogen) atoms. The van der Waals surface area contributed by atoms with Crippen LogP contribution in [-0.4, -0.2) is 61.1 Å². The zero-order valence-electron chi connectivity index (χ0n) is 18.2. The van der Waals surface area contributed by atoms with Gasteiger partial charge in [0.05, 0.1) is 31.1 Å². The number of carbonyl (C=O) groups is 2. The lowest BCUT2D eigenvalue weighted by atomic mass is 10.1. The number of hydrogen-bond donors (Lipinski definition) is 3. The Morgan fingerprint density at radius 2 is 2.06 bits per heavy atom. The lowest BCUT2D eigenvalue weighted by Gasteiger charge is -2.38. The van der Waals surface area contributed by atoms with E-state index in [1.807, 2.05) is 0 Å². The molecule has 2 amide bonds. The third-order valence-electron chi connectivity index (χ3n) is 5.08. The van der Waals surface area contributed by atoms with Crippen LogP contribution in [0.3, 0.4) is 0 Å². The number of amides is 2. The molecule has 0 fully saturated rings. The van der Waals surface area contributed by atoms with Crippen LogP contribution in [0.4, 0.5) is 16.2 Å². The largest absolute Gasteiger partial charge is 0.484 e. The predicted octanol–water partition coefficient (Wildman–Crippen LogP) is 1.31. The molecule has 0 saturated heterocycles. The van der Waals surface area contributed by atoms with Gasteiger partial charge in [-0.25, -0.2) is 13.2 Å². The number of hydrogen-bond acceptors (Lipinski definition) is 7. The molecule has 2 heterocycles. The first-order valence-electron chi connectivity index (χ1n) is 9.63. The zero-order chi connectivity index (χ0) is 23.8. The number of carboxylic acid groups (broad SMARTS) is 1. The van der Waals surface area contributed by atoms with Crippen molar-refractivity contribution in [3.8, 4) is 11.6 Å². The molecule has 0 radical (unpaired) electrons. The highest BCUT2D eigenvalue weighted by molar-refractivity contribution is 7.93. The van der Waals surface area contributed by atoms with Crippen LogP contribution in [0, 0.1) is 6.92 Å². The van der Waals surface area contributed by atoms with Gasteiger partial charge in [-0.05, 0) is 32.0 Å². The van der Waals surface area contributed by atoms with Gasteiger partial charge < -0.3 is 19.9 Å². The Kier molecular flexibility index (Phi) is 6.21. The molecule has 1 aromatic carbocycles. The number of nitrogens with one attached hydrogen (secondary N) is 2. The van der Waals surface area contributed by atoms with Crippen LogP contribution in [0.1, 0.15) is 19.5 Å². The fourth-order valence-electron chi connectivity index (χ4n) is 3.48. The number of anilines is 2. The van der Waals surface area contributed by atoms with Crippen LogP contribution < -0.4 is 24.4 Å². The summed E-state index contributed by atoms with van der Waals surface area (Å²) >= 11 is 0. The van der Waals surface area contributed by atoms with Gasteiger partial charge in [-0.3, -0.25) is 19.1 Å². The topological polar surface area (TPSA) is 152 Å². The molecule has 0 saturated carbocycles. The van der Waals surface area contributed by atoms with Crippen LogP contribution in [0.15, 0.2) is 23.1 Å². The highest BCUT2D eigenvalue weighted by Crippen LogP contribution is 2.41. The number of carbonyl (C=O) groups excluding carboxylic acids is 1. The molecule has 1 aliphatic rings. The summed E-state index contributed by atoms with van der Waals surface area (Å²) in [5.74, 6) is -0.130. The van der Waals surface area contributed by atoms with Crippen molar-refractivity contribution in [2.45, 2.75) is 37.8 Å². The minimum absolute atomic E-state index is 0.0654. The summed E-state index contributed by atoms with van der Waals surface area (Å²) in [7, 11) is -1.29. The van der Waals surface area contributed by atoms with Crippen molar-refractivity contribution in [3.63, 3.8) is 0 Å². The van der Waals surface area contributed by atoms with Gasteiger partial charge in [-0.1, -0.05) is 0 Å². The average Bonchev–Trinajstić information content (AvgIpc) is 3.00. The summed E-state index contributed by atoms with van der Waals surface area (Å²) in [6.45, 7) is 4.53. The number of fused-ring (bicyclic) bond motifs is 1. The first kappa shape index (κ1) is 23.2. The Hall–Kier alpha value is -3.48. The fourth-order valence-corrected chi connectivity index (χ4v) is 5.29. The van der Waals surface area contributed by atoms with Crippen LogP contribution in [0.25, 0.3) is 0 Å². The quantitative estimate of drug-likeness (QED) is 0.575. The second-order valence-electron chi connectivity index (χ2n) is 7.34. The third kappa shape index (κ3) is 4.28. The maximum Gasteiger partial charge on any atom is 0.409 e. The second kappa shape index (κ2) is 8.57. The van der Waals surface area contributed by atoms with Crippen LogP contribution in [-0.2, 0) is 21.9 Å². The molecular formula is C19H25N5O7S. The van der Waals surface area contributed by atoms with Gasteiger partial charge in [0, 0.05) is 19.7 Å². The molecule has 2 aromatic rings. The molecule has 13 heteroatoms. The maximum absolute atomic E-state index is 13.8. The normalized spacial score (nSPS) is 16.5. The average molecular weight is 468 g/mol. The maximum atomic E-state index is 13.8. The Morgan fingerprint density at radius 3 is 2.66 bits per heavy atom.